The van der Waals surface area contributed by atoms with E-state index >= 15 is 0 Å². The minimum atomic E-state index is -1.12. The molecule has 0 saturated carbocycles. The van der Waals surface area contributed by atoms with Crippen LogP contribution in [0, 0.1) is 0 Å². The van der Waals surface area contributed by atoms with E-state index in [0.717, 1.165) is 38.5 Å². The number of carboxylic acids is 1. The summed E-state index contributed by atoms with van der Waals surface area (Å²) in [7, 11) is 5.43. The van der Waals surface area contributed by atoms with Crippen molar-refractivity contribution in [2.75, 3.05) is 41.0 Å². The molecule has 0 aromatic rings. The standard InChI is InChI=1S/C56H107NO7/c1-6-8-10-12-14-16-18-20-22-24-25-26-27-28-29-31-33-35-37-39-41-43-45-47-55(59)64-52(50-62-49-48-53(56(60)61)57(3,4)5)51-63-54(58)46-44-42-40-38-36-34-32-30-23-21-19-17-15-13-11-9-7-2/h24-25,52-53H,6-23,26-51H2,1-5H3/b25-24-. The minimum Gasteiger partial charge on any atom is -0.544 e. The van der Waals surface area contributed by atoms with Gasteiger partial charge in [-0.3, -0.25) is 9.59 Å². The molecule has 0 aliphatic rings. The van der Waals surface area contributed by atoms with Crippen LogP contribution < -0.4 is 5.11 Å². The molecular formula is C56H107NO7. The highest BCUT2D eigenvalue weighted by molar-refractivity contribution is 5.70. The van der Waals surface area contributed by atoms with Gasteiger partial charge >= 0.3 is 11.9 Å². The van der Waals surface area contributed by atoms with Crippen LogP contribution in [0.2, 0.25) is 0 Å². The lowest BCUT2D eigenvalue weighted by Crippen LogP contribution is -2.55. The fraction of sp³-hybridized carbons (Fsp3) is 0.911. The van der Waals surface area contributed by atoms with Gasteiger partial charge in [0.25, 0.3) is 0 Å². The third kappa shape index (κ3) is 45.2. The quantitative estimate of drug-likeness (QED) is 0.0259. The Morgan fingerprint density at radius 2 is 0.781 bits per heavy atom. The number of unbranched alkanes of at least 4 members (excludes halogenated alkanes) is 35. The lowest BCUT2D eigenvalue weighted by atomic mass is 10.0. The predicted molar refractivity (Wildman–Crippen MR) is 268 cm³/mol. The maximum atomic E-state index is 12.8. The maximum absolute atomic E-state index is 12.8. The van der Waals surface area contributed by atoms with Crippen LogP contribution in [0.25, 0.3) is 0 Å². The van der Waals surface area contributed by atoms with Crippen molar-refractivity contribution in [2.24, 2.45) is 0 Å². The molecule has 2 atom stereocenters. The zero-order chi connectivity index (χ0) is 47.0. The summed E-state index contributed by atoms with van der Waals surface area (Å²) < 4.78 is 17.3. The van der Waals surface area contributed by atoms with Crippen LogP contribution in [-0.4, -0.2) is 75.5 Å². The number of nitrogens with zero attached hydrogens (tertiary/aromatic N) is 1. The molecule has 0 spiro atoms. The van der Waals surface area contributed by atoms with Crippen LogP contribution in [0.4, 0.5) is 0 Å². The van der Waals surface area contributed by atoms with Crippen molar-refractivity contribution in [3.05, 3.63) is 12.2 Å². The number of quaternary nitrogens is 1. The van der Waals surface area contributed by atoms with Crippen molar-refractivity contribution >= 4 is 17.9 Å². The third-order valence-corrected chi connectivity index (χ3v) is 12.9. The minimum absolute atomic E-state index is 0.0471. The van der Waals surface area contributed by atoms with Gasteiger partial charge in [0.1, 0.15) is 12.6 Å². The molecule has 0 aromatic carbocycles. The van der Waals surface area contributed by atoms with Gasteiger partial charge in [0.05, 0.1) is 40.3 Å². The van der Waals surface area contributed by atoms with Crippen LogP contribution in [0.15, 0.2) is 12.2 Å². The highest BCUT2D eigenvalue weighted by Crippen LogP contribution is 2.17. The van der Waals surface area contributed by atoms with Gasteiger partial charge in [-0.2, -0.15) is 0 Å². The number of likely N-dealkylation sites (N-methyl/N-ethyl adjacent to an activating group) is 1. The number of rotatable bonds is 51. The van der Waals surface area contributed by atoms with Crippen LogP contribution >= 0.6 is 0 Å². The lowest BCUT2D eigenvalue weighted by molar-refractivity contribution is -0.889. The number of hydrogen-bond donors (Lipinski definition) is 0. The number of allylic oxidation sites excluding steroid dienone is 2. The van der Waals surface area contributed by atoms with Gasteiger partial charge in [-0.15, -0.1) is 0 Å². The van der Waals surface area contributed by atoms with Gasteiger partial charge in [-0.25, -0.2) is 0 Å². The van der Waals surface area contributed by atoms with E-state index in [4.69, 9.17) is 14.2 Å². The number of hydrogen-bond acceptors (Lipinski definition) is 7. The summed E-state index contributed by atoms with van der Waals surface area (Å²) in [4.78, 5) is 37.1. The maximum Gasteiger partial charge on any atom is 0.306 e. The van der Waals surface area contributed by atoms with Gasteiger partial charge in [0.2, 0.25) is 0 Å². The molecule has 0 heterocycles. The Morgan fingerprint density at radius 1 is 0.453 bits per heavy atom. The molecule has 0 amide bonds. The molecule has 0 aliphatic heterocycles. The first kappa shape index (κ1) is 62.1. The van der Waals surface area contributed by atoms with Crippen LogP contribution in [0.3, 0.4) is 0 Å². The summed E-state index contributed by atoms with van der Waals surface area (Å²) in [5.74, 6) is -1.71. The van der Waals surface area contributed by atoms with E-state index in [-0.39, 0.29) is 42.7 Å². The molecule has 8 nitrogen and oxygen atoms in total. The highest BCUT2D eigenvalue weighted by atomic mass is 16.6. The summed E-state index contributed by atoms with van der Waals surface area (Å²) in [6.45, 7) is 4.72. The third-order valence-electron chi connectivity index (χ3n) is 12.9. The molecule has 378 valence electrons. The van der Waals surface area contributed by atoms with Crippen molar-refractivity contribution in [1.29, 1.82) is 0 Å². The smallest absolute Gasteiger partial charge is 0.306 e. The summed E-state index contributed by atoms with van der Waals surface area (Å²) in [5.41, 5.74) is 0. The van der Waals surface area contributed by atoms with Crippen molar-refractivity contribution in [2.45, 2.75) is 289 Å². The molecule has 2 unspecified atom stereocenters. The Kier molecular flexibility index (Phi) is 46.1. The van der Waals surface area contributed by atoms with E-state index in [1.54, 1.807) is 0 Å². The van der Waals surface area contributed by atoms with E-state index in [2.05, 4.69) is 26.0 Å². The van der Waals surface area contributed by atoms with E-state index in [1.165, 1.54) is 205 Å². The van der Waals surface area contributed by atoms with Crippen LogP contribution in [0.1, 0.15) is 277 Å². The lowest BCUT2D eigenvalue weighted by Gasteiger charge is -2.34. The Labute approximate surface area is 397 Å². The predicted octanol–water partition coefficient (Wildman–Crippen LogP) is 14.9. The van der Waals surface area contributed by atoms with Crippen molar-refractivity contribution in [3.8, 4) is 0 Å². The fourth-order valence-electron chi connectivity index (χ4n) is 8.60. The molecule has 0 fully saturated rings. The second-order valence-electron chi connectivity index (χ2n) is 20.2. The molecule has 0 N–H and O–H groups in total. The average molecular weight is 906 g/mol. The SMILES string of the molecule is CCCCCCCCCC/C=C\CCCCCCCCCCCCCC(=O)OC(COCCC(C(=O)[O-])[N+](C)(C)C)COC(=O)CCCCCCCCCCCCCCCCCCC. The summed E-state index contributed by atoms with van der Waals surface area (Å²) in [6.07, 6.45) is 53.9. The Hall–Kier alpha value is -1.93. The molecule has 0 aromatic heterocycles. The van der Waals surface area contributed by atoms with Crippen LogP contribution in [-0.2, 0) is 28.6 Å². The summed E-state index contributed by atoms with van der Waals surface area (Å²) >= 11 is 0. The van der Waals surface area contributed by atoms with Crippen molar-refractivity contribution < 1.29 is 38.2 Å². The van der Waals surface area contributed by atoms with Crippen LogP contribution in [0.5, 0.6) is 0 Å². The first-order valence-corrected chi connectivity index (χ1v) is 27.7. The van der Waals surface area contributed by atoms with Crippen molar-refractivity contribution in [1.82, 2.24) is 0 Å². The van der Waals surface area contributed by atoms with Gasteiger partial charge < -0.3 is 28.6 Å². The number of carbonyl (C=O) groups is 3. The second kappa shape index (κ2) is 47.6. The van der Waals surface area contributed by atoms with Gasteiger partial charge in [0, 0.05) is 19.3 Å². The molecule has 0 saturated heterocycles. The molecule has 0 radical (unpaired) electrons. The summed E-state index contributed by atoms with van der Waals surface area (Å²) in [5, 5.41) is 11.7. The topological polar surface area (TPSA) is 102 Å². The molecule has 0 aliphatic carbocycles. The number of aliphatic carboxylic acids is 1. The van der Waals surface area contributed by atoms with E-state index in [0.29, 0.717) is 12.8 Å². The average Bonchev–Trinajstić information content (AvgIpc) is 3.26. The molecule has 8 heteroatoms. The molecule has 0 rings (SSSR count). The Bertz CT molecular complexity index is 1060. The van der Waals surface area contributed by atoms with E-state index < -0.39 is 18.1 Å². The summed E-state index contributed by atoms with van der Waals surface area (Å²) in [6, 6.07) is -0.722. The Morgan fingerprint density at radius 3 is 1.12 bits per heavy atom. The number of carboxylic acid groups (broad SMARTS) is 1. The Balaban J connectivity index is 4.15. The zero-order valence-corrected chi connectivity index (χ0v) is 43.2. The van der Waals surface area contributed by atoms with Crippen molar-refractivity contribution in [3.63, 3.8) is 0 Å². The number of esters is 2. The van der Waals surface area contributed by atoms with Gasteiger partial charge in [-0.1, -0.05) is 231 Å². The largest absolute Gasteiger partial charge is 0.544 e. The number of ether oxygens (including phenoxy) is 3. The number of carbonyl (C=O) groups excluding carboxylic acids is 3. The molecular weight excluding hydrogens is 799 g/mol. The molecule has 0 bridgehead atoms. The second-order valence-corrected chi connectivity index (χ2v) is 20.2. The first-order valence-electron chi connectivity index (χ1n) is 27.7. The fourth-order valence-corrected chi connectivity index (χ4v) is 8.60. The van der Waals surface area contributed by atoms with E-state index in [9.17, 15) is 19.5 Å². The first-order chi connectivity index (χ1) is 31.1. The van der Waals surface area contributed by atoms with Gasteiger partial charge in [-0.05, 0) is 38.5 Å². The molecule has 64 heavy (non-hydrogen) atoms. The monoisotopic (exact) mass is 906 g/mol. The zero-order valence-electron chi connectivity index (χ0n) is 43.2. The van der Waals surface area contributed by atoms with E-state index in [1.807, 2.05) is 21.1 Å². The van der Waals surface area contributed by atoms with Gasteiger partial charge in [0.15, 0.2) is 6.10 Å². The highest BCUT2D eigenvalue weighted by Gasteiger charge is 2.25. The normalized spacial score (nSPS) is 12.8.